The monoisotopic (exact) mass is 555 g/mol. The Kier molecular flexibility index (Phi) is 11.5. The fourth-order valence-electron chi connectivity index (χ4n) is 4.81. The summed E-state index contributed by atoms with van der Waals surface area (Å²) in [6.45, 7) is 12.4. The molecule has 9 heteroatoms. The second-order valence-electron chi connectivity index (χ2n) is 8.97. The summed E-state index contributed by atoms with van der Waals surface area (Å²) in [5.74, 6) is 3.33. The van der Waals surface area contributed by atoms with E-state index in [1.165, 1.54) is 50.3 Å². The van der Waals surface area contributed by atoms with E-state index >= 15 is 0 Å². The van der Waals surface area contributed by atoms with Crippen molar-refractivity contribution < 1.29 is 9.84 Å². The standard InChI is InChI=1S/C21H41N5O2S.HI/c1-3-22-19(23-16-20(2,27)18-25-8-12-28-13-9-25)24-17-21(6-4-5-7-21)26-10-14-29-15-11-26;/h27H,3-18H2,1-2H3,(H2,22,23,24);1H. The lowest BCUT2D eigenvalue weighted by Crippen LogP contribution is -2.57. The number of thioether (sulfide) groups is 1. The number of ether oxygens (including phenoxy) is 1. The van der Waals surface area contributed by atoms with Crippen LogP contribution in [0.25, 0.3) is 0 Å². The van der Waals surface area contributed by atoms with Gasteiger partial charge in [-0.25, -0.2) is 0 Å². The zero-order valence-electron chi connectivity index (χ0n) is 18.8. The van der Waals surface area contributed by atoms with Gasteiger partial charge in [-0.15, -0.1) is 24.0 Å². The zero-order valence-corrected chi connectivity index (χ0v) is 22.0. The van der Waals surface area contributed by atoms with Crippen molar-refractivity contribution in [3.63, 3.8) is 0 Å². The first-order chi connectivity index (χ1) is 14.0. The molecule has 0 amide bonds. The quantitative estimate of drug-likeness (QED) is 0.239. The molecule has 2 aliphatic heterocycles. The second-order valence-corrected chi connectivity index (χ2v) is 10.2. The predicted octanol–water partition coefficient (Wildman–Crippen LogP) is 1.60. The van der Waals surface area contributed by atoms with Crippen LogP contribution in [0.2, 0.25) is 0 Å². The van der Waals surface area contributed by atoms with Crippen molar-refractivity contribution in [2.45, 2.75) is 50.7 Å². The number of β-amino-alcohol motifs (C(OH)–C–C–N with tert-alkyl or cyclic N) is 1. The molecule has 3 fully saturated rings. The average Bonchev–Trinajstić information content (AvgIpc) is 3.21. The fourth-order valence-corrected chi connectivity index (χ4v) is 5.71. The molecule has 2 heterocycles. The van der Waals surface area contributed by atoms with E-state index in [4.69, 9.17) is 9.73 Å². The van der Waals surface area contributed by atoms with E-state index in [1.807, 2.05) is 6.92 Å². The van der Waals surface area contributed by atoms with Gasteiger partial charge in [0.05, 0.1) is 25.4 Å². The predicted molar refractivity (Wildman–Crippen MR) is 137 cm³/mol. The number of morpholine rings is 1. The van der Waals surface area contributed by atoms with Crippen LogP contribution in [0.5, 0.6) is 0 Å². The van der Waals surface area contributed by atoms with Gasteiger partial charge in [0.25, 0.3) is 0 Å². The molecular weight excluding hydrogens is 513 g/mol. The lowest BCUT2D eigenvalue weighted by molar-refractivity contribution is -0.0180. The number of hydrogen-bond acceptors (Lipinski definition) is 6. The number of guanidine groups is 1. The molecule has 3 rings (SSSR count). The Balaban J connectivity index is 0.00000320. The third kappa shape index (κ3) is 7.95. The highest BCUT2D eigenvalue weighted by molar-refractivity contribution is 14.0. The van der Waals surface area contributed by atoms with Gasteiger partial charge in [-0.05, 0) is 26.7 Å². The van der Waals surface area contributed by atoms with Crippen molar-refractivity contribution in [1.82, 2.24) is 20.4 Å². The molecule has 0 bridgehead atoms. The first-order valence-corrected chi connectivity index (χ1v) is 12.6. The van der Waals surface area contributed by atoms with E-state index in [2.05, 4.69) is 39.1 Å². The zero-order chi connectivity index (χ0) is 20.6. The van der Waals surface area contributed by atoms with Crippen LogP contribution in [0.15, 0.2) is 4.99 Å². The summed E-state index contributed by atoms with van der Waals surface area (Å²) in [6, 6.07) is 0. The highest BCUT2D eigenvalue weighted by Gasteiger charge is 2.40. The van der Waals surface area contributed by atoms with Crippen LogP contribution in [0.1, 0.15) is 39.5 Å². The number of hydrogen-bond donors (Lipinski definition) is 3. The number of aliphatic hydroxyl groups is 1. The lowest BCUT2D eigenvalue weighted by Gasteiger charge is -2.43. The van der Waals surface area contributed by atoms with Crippen LogP contribution in [0.4, 0.5) is 0 Å². The van der Waals surface area contributed by atoms with E-state index in [0.29, 0.717) is 13.1 Å². The molecule has 0 aromatic carbocycles. The van der Waals surface area contributed by atoms with E-state index < -0.39 is 5.60 Å². The molecule has 1 unspecified atom stereocenters. The topological polar surface area (TPSA) is 72.4 Å². The Morgan fingerprint density at radius 2 is 1.80 bits per heavy atom. The molecule has 0 radical (unpaired) electrons. The maximum absolute atomic E-state index is 10.9. The lowest BCUT2D eigenvalue weighted by atomic mass is 9.94. The van der Waals surface area contributed by atoms with Crippen molar-refractivity contribution in [1.29, 1.82) is 0 Å². The van der Waals surface area contributed by atoms with Crippen LogP contribution >= 0.6 is 35.7 Å². The Hall–Kier alpha value is 0.190. The largest absolute Gasteiger partial charge is 0.387 e. The average molecular weight is 556 g/mol. The highest BCUT2D eigenvalue weighted by Crippen LogP contribution is 2.36. The van der Waals surface area contributed by atoms with Gasteiger partial charge in [0.1, 0.15) is 0 Å². The molecule has 2 saturated heterocycles. The molecule has 1 atom stereocenters. The van der Waals surface area contributed by atoms with Crippen LogP contribution in [0, 0.1) is 0 Å². The first-order valence-electron chi connectivity index (χ1n) is 11.4. The van der Waals surface area contributed by atoms with Gasteiger partial charge in [-0.1, -0.05) is 12.8 Å². The van der Waals surface area contributed by atoms with Crippen molar-refractivity contribution in [2.75, 3.05) is 77.1 Å². The highest BCUT2D eigenvalue weighted by atomic mass is 127. The van der Waals surface area contributed by atoms with Gasteiger partial charge in [-0.2, -0.15) is 11.8 Å². The van der Waals surface area contributed by atoms with Crippen molar-refractivity contribution in [3.05, 3.63) is 0 Å². The third-order valence-electron chi connectivity index (χ3n) is 6.39. The summed E-state index contributed by atoms with van der Waals surface area (Å²) in [5, 5.41) is 17.9. The van der Waals surface area contributed by atoms with E-state index in [0.717, 1.165) is 45.4 Å². The van der Waals surface area contributed by atoms with Crippen LogP contribution in [0.3, 0.4) is 0 Å². The molecule has 176 valence electrons. The van der Waals surface area contributed by atoms with Crippen molar-refractivity contribution in [2.24, 2.45) is 4.99 Å². The molecule has 30 heavy (non-hydrogen) atoms. The van der Waals surface area contributed by atoms with E-state index in [-0.39, 0.29) is 29.5 Å². The van der Waals surface area contributed by atoms with Crippen LogP contribution < -0.4 is 10.6 Å². The van der Waals surface area contributed by atoms with Crippen molar-refractivity contribution >= 4 is 41.7 Å². The fraction of sp³-hybridized carbons (Fsp3) is 0.952. The Morgan fingerprint density at radius 3 is 2.43 bits per heavy atom. The number of nitrogens with one attached hydrogen (secondary N) is 2. The summed E-state index contributed by atoms with van der Waals surface area (Å²) >= 11 is 2.08. The minimum absolute atomic E-state index is 0. The summed E-state index contributed by atoms with van der Waals surface area (Å²) < 4.78 is 5.41. The molecular formula is C21H42IN5O2S. The summed E-state index contributed by atoms with van der Waals surface area (Å²) in [6.07, 6.45) is 5.21. The summed E-state index contributed by atoms with van der Waals surface area (Å²) in [7, 11) is 0. The van der Waals surface area contributed by atoms with Gasteiger partial charge < -0.3 is 20.5 Å². The number of aliphatic imine (C=N–C) groups is 1. The Labute approximate surface area is 204 Å². The van der Waals surface area contributed by atoms with E-state index in [1.54, 1.807) is 0 Å². The van der Waals surface area contributed by atoms with Gasteiger partial charge in [0.15, 0.2) is 5.96 Å². The number of nitrogens with zero attached hydrogens (tertiary/aromatic N) is 3. The van der Waals surface area contributed by atoms with Crippen LogP contribution in [-0.2, 0) is 4.74 Å². The number of halogens is 1. The SMILES string of the molecule is CCNC(=NCC(C)(O)CN1CCOCC1)NCC1(N2CCSCC2)CCCC1.I. The Morgan fingerprint density at radius 1 is 1.13 bits per heavy atom. The maximum Gasteiger partial charge on any atom is 0.191 e. The molecule has 1 aliphatic carbocycles. The third-order valence-corrected chi connectivity index (χ3v) is 7.33. The summed E-state index contributed by atoms with van der Waals surface area (Å²) in [4.78, 5) is 9.74. The smallest absolute Gasteiger partial charge is 0.191 e. The number of rotatable bonds is 8. The second kappa shape index (κ2) is 13.0. The van der Waals surface area contributed by atoms with Crippen LogP contribution in [-0.4, -0.2) is 109 Å². The minimum Gasteiger partial charge on any atom is -0.387 e. The molecule has 0 spiro atoms. The molecule has 1 saturated carbocycles. The molecule has 7 nitrogen and oxygen atoms in total. The minimum atomic E-state index is -0.838. The normalized spacial score (nSPS) is 25.4. The van der Waals surface area contributed by atoms with E-state index in [9.17, 15) is 5.11 Å². The molecule has 0 aromatic rings. The van der Waals surface area contributed by atoms with Gasteiger partial charge in [-0.3, -0.25) is 14.8 Å². The molecule has 3 aliphatic rings. The van der Waals surface area contributed by atoms with Gasteiger partial charge in [0, 0.05) is 62.9 Å². The van der Waals surface area contributed by atoms with Crippen molar-refractivity contribution in [3.8, 4) is 0 Å². The molecule has 0 aromatic heterocycles. The Bertz CT molecular complexity index is 520. The summed E-state index contributed by atoms with van der Waals surface area (Å²) in [5.41, 5.74) is -0.567. The van der Waals surface area contributed by atoms with Gasteiger partial charge >= 0.3 is 0 Å². The molecule has 3 N–H and O–H groups in total. The van der Waals surface area contributed by atoms with Gasteiger partial charge in [0.2, 0.25) is 0 Å². The first kappa shape index (κ1) is 26.4. The maximum atomic E-state index is 10.9.